The summed E-state index contributed by atoms with van der Waals surface area (Å²) in [4.78, 5) is 0. The van der Waals surface area contributed by atoms with Crippen LogP contribution in [0, 0.1) is 0 Å². The van der Waals surface area contributed by atoms with Gasteiger partial charge in [0, 0.05) is 10.9 Å². The van der Waals surface area contributed by atoms with Crippen LogP contribution in [0.2, 0.25) is 0 Å². The summed E-state index contributed by atoms with van der Waals surface area (Å²) in [7, 11) is 0. The highest BCUT2D eigenvalue weighted by Crippen LogP contribution is 2.29. The Kier molecular flexibility index (Phi) is 2.34. The number of hydrogen-bond acceptors (Lipinski definition) is 1. The monoisotopic (exact) mass is 234 g/mol. The quantitative estimate of drug-likeness (QED) is 0.630. The lowest BCUT2D eigenvalue weighted by Crippen LogP contribution is -2.02. The zero-order valence-corrected chi connectivity index (χ0v) is 10.3. The van der Waals surface area contributed by atoms with Crippen molar-refractivity contribution in [3.05, 3.63) is 59.3 Å². The summed E-state index contributed by atoms with van der Waals surface area (Å²) in [5.41, 5.74) is 0.854. The van der Waals surface area contributed by atoms with Crippen LogP contribution in [-0.4, -0.2) is 5.11 Å². The summed E-state index contributed by atoms with van der Waals surface area (Å²) in [5.74, 6) is 0.304. The molecule has 0 fully saturated rings. The highest BCUT2D eigenvalue weighted by Gasteiger charge is 2.09. The molecule has 3 aromatic carbocycles. The van der Waals surface area contributed by atoms with E-state index < -0.39 is 0 Å². The Labute approximate surface area is 106 Å². The molecule has 1 N–H and O–H groups in total. The fraction of sp³-hybridized carbons (Fsp3) is 0.0588. The van der Waals surface area contributed by atoms with Crippen LogP contribution in [0.5, 0.6) is 0 Å². The van der Waals surface area contributed by atoms with Crippen LogP contribution >= 0.6 is 0 Å². The first-order valence-electron chi connectivity index (χ1n) is 6.01. The highest BCUT2D eigenvalue weighted by molar-refractivity contribution is 6.13. The molecule has 0 saturated carbocycles. The average molecular weight is 234 g/mol. The minimum Gasteiger partial charge on any atom is -0.508 e. The number of hydrogen-bond donors (Lipinski definition) is 1. The average Bonchev–Trinajstić information content (AvgIpc) is 2.42. The van der Waals surface area contributed by atoms with Crippen LogP contribution in [0.4, 0.5) is 0 Å². The topological polar surface area (TPSA) is 20.2 Å². The Morgan fingerprint density at radius 1 is 1.00 bits per heavy atom. The predicted octanol–water partition coefficient (Wildman–Crippen LogP) is 4.04. The van der Waals surface area contributed by atoms with Crippen molar-refractivity contribution in [2.24, 2.45) is 0 Å². The molecule has 0 atom stereocenters. The Balaban J connectivity index is 2.63. The fourth-order valence-corrected chi connectivity index (χ4v) is 2.52. The van der Waals surface area contributed by atoms with E-state index in [-0.39, 0.29) is 0 Å². The van der Waals surface area contributed by atoms with Gasteiger partial charge in [-0.2, -0.15) is 0 Å². The van der Waals surface area contributed by atoms with E-state index in [0.29, 0.717) is 5.76 Å². The molecule has 3 rings (SSSR count). The van der Waals surface area contributed by atoms with E-state index in [4.69, 9.17) is 0 Å². The summed E-state index contributed by atoms with van der Waals surface area (Å²) in [6.07, 6.45) is 1.71. The van der Waals surface area contributed by atoms with Gasteiger partial charge in [-0.1, -0.05) is 49.0 Å². The van der Waals surface area contributed by atoms with Gasteiger partial charge < -0.3 is 5.11 Å². The Morgan fingerprint density at radius 3 is 2.33 bits per heavy atom. The van der Waals surface area contributed by atoms with Crippen molar-refractivity contribution in [1.29, 1.82) is 0 Å². The number of rotatable bonds is 1. The van der Waals surface area contributed by atoms with E-state index in [1.807, 2.05) is 25.1 Å². The van der Waals surface area contributed by atoms with E-state index in [0.717, 1.165) is 16.2 Å². The summed E-state index contributed by atoms with van der Waals surface area (Å²) >= 11 is 0. The molecule has 0 aliphatic carbocycles. The van der Waals surface area contributed by atoms with Crippen LogP contribution in [0.15, 0.2) is 48.5 Å². The molecule has 18 heavy (non-hydrogen) atoms. The van der Waals surface area contributed by atoms with E-state index in [9.17, 15) is 5.11 Å². The van der Waals surface area contributed by atoms with E-state index in [1.165, 1.54) is 16.2 Å². The summed E-state index contributed by atoms with van der Waals surface area (Å²) in [6, 6.07) is 14.3. The fourth-order valence-electron chi connectivity index (χ4n) is 2.52. The third kappa shape index (κ3) is 1.41. The third-order valence-corrected chi connectivity index (χ3v) is 3.41. The molecular formula is C17H14O. The standard InChI is InChI=1S/C17H14O/c1-3-15(18)14-10-9-13-6-4-5-12-8-7-11(2)16(14)17(12)13/h3-10,18H,2H2,1H3/b15-3+. The zero-order chi connectivity index (χ0) is 12.7. The molecule has 0 aliphatic heterocycles. The number of benzene rings is 3. The first kappa shape index (κ1) is 10.8. The Hall–Kier alpha value is -2.28. The molecule has 1 heteroatoms. The second-order valence-corrected chi connectivity index (χ2v) is 4.47. The van der Waals surface area contributed by atoms with Crippen LogP contribution in [0.25, 0.3) is 33.9 Å². The number of aliphatic hydroxyl groups excluding tert-OH is 1. The van der Waals surface area contributed by atoms with Gasteiger partial charge in [-0.25, -0.2) is 0 Å². The zero-order valence-electron chi connectivity index (χ0n) is 10.3. The second-order valence-electron chi connectivity index (χ2n) is 4.47. The van der Waals surface area contributed by atoms with Gasteiger partial charge >= 0.3 is 0 Å². The molecule has 0 unspecified atom stereocenters. The van der Waals surface area contributed by atoms with Gasteiger partial charge in [-0.15, -0.1) is 0 Å². The van der Waals surface area contributed by atoms with Crippen LogP contribution in [0.3, 0.4) is 0 Å². The van der Waals surface area contributed by atoms with E-state index in [2.05, 4.69) is 30.8 Å². The van der Waals surface area contributed by atoms with Crippen molar-refractivity contribution in [2.45, 2.75) is 6.92 Å². The van der Waals surface area contributed by atoms with Gasteiger partial charge in [0.25, 0.3) is 0 Å². The van der Waals surface area contributed by atoms with Gasteiger partial charge in [0.1, 0.15) is 5.76 Å². The van der Waals surface area contributed by atoms with Crippen molar-refractivity contribution in [2.75, 3.05) is 0 Å². The molecule has 0 radical (unpaired) electrons. The molecule has 0 spiro atoms. The van der Waals surface area contributed by atoms with E-state index >= 15 is 0 Å². The van der Waals surface area contributed by atoms with Gasteiger partial charge in [0.05, 0.1) is 0 Å². The lowest BCUT2D eigenvalue weighted by molar-refractivity contribution is 0.512. The van der Waals surface area contributed by atoms with Gasteiger partial charge in [0.2, 0.25) is 0 Å². The number of allylic oxidation sites excluding steroid dienone is 1. The maximum absolute atomic E-state index is 10.0. The van der Waals surface area contributed by atoms with Gasteiger partial charge in [-0.3, -0.25) is 0 Å². The number of aliphatic hydroxyl groups is 1. The second kappa shape index (κ2) is 3.88. The van der Waals surface area contributed by atoms with Crippen molar-refractivity contribution < 1.29 is 5.11 Å². The van der Waals surface area contributed by atoms with E-state index in [1.54, 1.807) is 6.08 Å². The molecule has 88 valence electrons. The van der Waals surface area contributed by atoms with Crippen LogP contribution in [0.1, 0.15) is 12.5 Å². The maximum Gasteiger partial charge on any atom is 0.119 e. The highest BCUT2D eigenvalue weighted by atomic mass is 16.3. The van der Waals surface area contributed by atoms with Gasteiger partial charge in [0.15, 0.2) is 0 Å². The first-order chi connectivity index (χ1) is 8.72. The molecule has 3 aromatic rings. The molecule has 0 saturated heterocycles. The molecule has 0 aromatic heterocycles. The first-order valence-corrected chi connectivity index (χ1v) is 6.01. The Bertz CT molecular complexity index is 797. The van der Waals surface area contributed by atoms with Crippen molar-refractivity contribution in [1.82, 2.24) is 0 Å². The predicted molar refractivity (Wildman–Crippen MR) is 78.5 cm³/mol. The molecular weight excluding hydrogens is 220 g/mol. The largest absolute Gasteiger partial charge is 0.508 e. The normalized spacial score (nSPS) is 12.4. The molecule has 0 bridgehead atoms. The summed E-state index contributed by atoms with van der Waals surface area (Å²) in [5, 5.41) is 15.6. The van der Waals surface area contributed by atoms with Crippen molar-refractivity contribution in [3.63, 3.8) is 0 Å². The molecule has 0 amide bonds. The SMILES string of the molecule is C=c1ccc2cccc3ccc(/C(O)=C\C)c1c32. The lowest BCUT2D eigenvalue weighted by atomic mass is 9.95. The molecule has 0 aliphatic rings. The van der Waals surface area contributed by atoms with Crippen LogP contribution in [-0.2, 0) is 0 Å². The van der Waals surface area contributed by atoms with Gasteiger partial charge in [-0.05, 0) is 34.4 Å². The molecule has 0 heterocycles. The summed E-state index contributed by atoms with van der Waals surface area (Å²) < 4.78 is 0. The minimum atomic E-state index is 0.304. The third-order valence-electron chi connectivity index (χ3n) is 3.41. The van der Waals surface area contributed by atoms with Crippen LogP contribution < -0.4 is 5.22 Å². The lowest BCUT2D eigenvalue weighted by Gasteiger charge is -2.10. The van der Waals surface area contributed by atoms with Crippen molar-refractivity contribution in [3.8, 4) is 0 Å². The smallest absolute Gasteiger partial charge is 0.119 e. The Morgan fingerprint density at radius 2 is 1.67 bits per heavy atom. The summed E-state index contributed by atoms with van der Waals surface area (Å²) in [6.45, 7) is 5.92. The molecule has 1 nitrogen and oxygen atoms in total. The maximum atomic E-state index is 10.0. The minimum absolute atomic E-state index is 0.304. The van der Waals surface area contributed by atoms with Crippen molar-refractivity contribution >= 4 is 33.9 Å².